The van der Waals surface area contributed by atoms with Gasteiger partial charge in [0.2, 0.25) is 0 Å². The molecule has 0 aliphatic rings. The minimum absolute atomic E-state index is 0.361. The topological polar surface area (TPSA) is 69.2 Å². The van der Waals surface area contributed by atoms with E-state index in [9.17, 15) is 31.1 Å². The van der Waals surface area contributed by atoms with Gasteiger partial charge in [-0.3, -0.25) is 0 Å². The SMILES string of the molecule is CONC(C(=O)OC)c1cccc(C)c1CO/N=C(\CC(F)(F)F)c1cccc(C(F)(F)F)c1. The molecule has 2 aromatic carbocycles. The average Bonchev–Trinajstić information content (AvgIpc) is 2.76. The molecule has 1 unspecified atom stereocenters. The molecule has 6 nitrogen and oxygen atoms in total. The minimum Gasteiger partial charge on any atom is -0.468 e. The molecule has 186 valence electrons. The van der Waals surface area contributed by atoms with E-state index in [4.69, 9.17) is 14.4 Å². The van der Waals surface area contributed by atoms with E-state index in [0.29, 0.717) is 22.8 Å². The van der Waals surface area contributed by atoms with Crippen molar-refractivity contribution in [2.75, 3.05) is 14.2 Å². The third-order valence-electron chi connectivity index (χ3n) is 4.70. The Kier molecular flexibility index (Phi) is 9.05. The summed E-state index contributed by atoms with van der Waals surface area (Å²) in [6.07, 6.45) is -11.1. The molecule has 0 amide bonds. The first-order valence-corrected chi connectivity index (χ1v) is 9.75. The minimum atomic E-state index is -4.75. The summed E-state index contributed by atoms with van der Waals surface area (Å²) in [5.41, 5.74) is 1.63. The Hall–Kier alpha value is -3.12. The van der Waals surface area contributed by atoms with Gasteiger partial charge in [0, 0.05) is 11.1 Å². The van der Waals surface area contributed by atoms with E-state index in [-0.39, 0.29) is 12.2 Å². The van der Waals surface area contributed by atoms with Gasteiger partial charge >= 0.3 is 18.3 Å². The van der Waals surface area contributed by atoms with Gasteiger partial charge in [0.1, 0.15) is 6.61 Å². The Morgan fingerprint density at radius 1 is 1.06 bits per heavy atom. The third-order valence-corrected chi connectivity index (χ3v) is 4.70. The van der Waals surface area contributed by atoms with Crippen LogP contribution in [0.2, 0.25) is 0 Å². The number of carbonyl (C=O) groups excluding carboxylic acids is 1. The maximum Gasteiger partial charge on any atom is 0.416 e. The Labute approximate surface area is 191 Å². The van der Waals surface area contributed by atoms with Crippen LogP contribution in [0.3, 0.4) is 0 Å². The zero-order valence-electron chi connectivity index (χ0n) is 18.4. The van der Waals surface area contributed by atoms with E-state index < -0.39 is 42.1 Å². The van der Waals surface area contributed by atoms with Crippen LogP contribution in [0.15, 0.2) is 47.6 Å². The summed E-state index contributed by atoms with van der Waals surface area (Å²) in [6, 6.07) is 7.19. The number of hydrogen-bond acceptors (Lipinski definition) is 6. The van der Waals surface area contributed by atoms with Gasteiger partial charge in [-0.2, -0.15) is 31.8 Å². The predicted molar refractivity (Wildman–Crippen MR) is 110 cm³/mol. The van der Waals surface area contributed by atoms with E-state index in [0.717, 1.165) is 18.2 Å². The maximum atomic E-state index is 13.1. The molecule has 0 aliphatic heterocycles. The van der Waals surface area contributed by atoms with Crippen molar-refractivity contribution >= 4 is 11.7 Å². The standard InChI is InChI=1S/C22H22F6N2O4/c1-13-6-4-9-16(19(30-33-3)20(31)32-2)17(13)12-34-29-18(11-21(23,24)25)14-7-5-8-15(10-14)22(26,27)28/h4-10,19,30H,11-12H2,1-3H3/b29-18+. The van der Waals surface area contributed by atoms with Crippen LogP contribution in [-0.4, -0.2) is 32.1 Å². The lowest BCUT2D eigenvalue weighted by atomic mass is 9.97. The van der Waals surface area contributed by atoms with Gasteiger partial charge in [0.25, 0.3) is 0 Å². The van der Waals surface area contributed by atoms with Crippen molar-refractivity contribution in [3.63, 3.8) is 0 Å². The molecule has 34 heavy (non-hydrogen) atoms. The molecule has 0 bridgehead atoms. The molecule has 0 radical (unpaired) electrons. The first kappa shape index (κ1) is 27.1. The third kappa shape index (κ3) is 7.45. The number of ether oxygens (including phenoxy) is 1. The Morgan fingerprint density at radius 2 is 1.74 bits per heavy atom. The lowest BCUT2D eigenvalue weighted by molar-refractivity contribution is -0.147. The molecule has 2 rings (SSSR count). The van der Waals surface area contributed by atoms with Crippen molar-refractivity contribution < 1.29 is 45.5 Å². The number of nitrogens with one attached hydrogen (secondary N) is 1. The molecule has 12 heteroatoms. The number of alkyl halides is 6. The van der Waals surface area contributed by atoms with Gasteiger partial charge in [-0.15, -0.1) is 0 Å². The van der Waals surface area contributed by atoms with Crippen molar-refractivity contribution in [2.45, 2.75) is 38.3 Å². The van der Waals surface area contributed by atoms with Crippen molar-refractivity contribution in [2.24, 2.45) is 5.16 Å². The van der Waals surface area contributed by atoms with Crippen molar-refractivity contribution in [3.05, 3.63) is 70.3 Å². The fraction of sp³-hybridized carbons (Fsp3) is 0.364. The van der Waals surface area contributed by atoms with Crippen LogP contribution in [0.4, 0.5) is 26.3 Å². The molecular weight excluding hydrogens is 470 g/mol. The number of benzene rings is 2. The number of halogens is 6. The van der Waals surface area contributed by atoms with Crippen LogP contribution in [-0.2, 0) is 32.0 Å². The number of esters is 1. The van der Waals surface area contributed by atoms with Crippen LogP contribution >= 0.6 is 0 Å². The van der Waals surface area contributed by atoms with E-state index in [1.54, 1.807) is 25.1 Å². The largest absolute Gasteiger partial charge is 0.468 e. The van der Waals surface area contributed by atoms with Crippen LogP contribution in [0.5, 0.6) is 0 Å². The second kappa shape index (κ2) is 11.3. The lowest BCUT2D eigenvalue weighted by Gasteiger charge is -2.20. The highest BCUT2D eigenvalue weighted by atomic mass is 19.4. The van der Waals surface area contributed by atoms with Gasteiger partial charge in [-0.05, 0) is 30.2 Å². The van der Waals surface area contributed by atoms with Crippen LogP contribution in [0.25, 0.3) is 0 Å². The van der Waals surface area contributed by atoms with Gasteiger partial charge in [0.05, 0.1) is 31.9 Å². The summed E-state index contributed by atoms with van der Waals surface area (Å²) < 4.78 is 83.1. The number of hydrogen-bond donors (Lipinski definition) is 1. The molecule has 0 spiro atoms. The molecule has 0 fully saturated rings. The summed E-state index contributed by atoms with van der Waals surface area (Å²) in [4.78, 5) is 22.1. The molecule has 0 saturated carbocycles. The highest BCUT2D eigenvalue weighted by molar-refractivity contribution is 6.00. The van der Waals surface area contributed by atoms with Gasteiger partial charge < -0.3 is 14.4 Å². The molecule has 1 N–H and O–H groups in total. The first-order valence-electron chi connectivity index (χ1n) is 9.75. The molecule has 1 atom stereocenters. The van der Waals surface area contributed by atoms with Crippen molar-refractivity contribution in [3.8, 4) is 0 Å². The van der Waals surface area contributed by atoms with Crippen molar-refractivity contribution in [1.82, 2.24) is 5.48 Å². The Morgan fingerprint density at radius 3 is 2.32 bits per heavy atom. The van der Waals surface area contributed by atoms with E-state index in [2.05, 4.69) is 10.6 Å². The number of methoxy groups -OCH3 is 1. The number of aryl methyl sites for hydroxylation is 1. The summed E-state index contributed by atoms with van der Waals surface area (Å²) in [5.74, 6) is -0.695. The number of nitrogens with zero attached hydrogens (tertiary/aromatic N) is 1. The second-order valence-electron chi connectivity index (χ2n) is 7.10. The first-order chi connectivity index (χ1) is 15.9. The van der Waals surface area contributed by atoms with Crippen LogP contribution < -0.4 is 5.48 Å². The predicted octanol–water partition coefficient (Wildman–Crippen LogP) is 5.25. The highest BCUT2D eigenvalue weighted by Crippen LogP contribution is 2.31. The quantitative estimate of drug-likeness (QED) is 0.224. The number of hydroxylamine groups is 1. The molecule has 0 aliphatic carbocycles. The molecule has 0 aromatic heterocycles. The van der Waals surface area contributed by atoms with E-state index in [1.807, 2.05) is 0 Å². The summed E-state index contributed by atoms with van der Waals surface area (Å²) in [5, 5.41) is 3.51. The van der Waals surface area contributed by atoms with Crippen LogP contribution in [0, 0.1) is 6.92 Å². The average molecular weight is 492 g/mol. The zero-order chi connectivity index (χ0) is 25.5. The summed E-state index contributed by atoms with van der Waals surface area (Å²) >= 11 is 0. The second-order valence-corrected chi connectivity index (χ2v) is 7.10. The highest BCUT2D eigenvalue weighted by Gasteiger charge is 2.34. The molecule has 0 saturated heterocycles. The smallest absolute Gasteiger partial charge is 0.416 e. The van der Waals surface area contributed by atoms with Gasteiger partial charge in [-0.25, -0.2) is 4.79 Å². The number of oxime groups is 1. The normalized spacial score (nSPS) is 13.5. The molecule has 2 aromatic rings. The Balaban J connectivity index is 2.40. The van der Waals surface area contributed by atoms with E-state index >= 15 is 0 Å². The van der Waals surface area contributed by atoms with Crippen molar-refractivity contribution in [1.29, 1.82) is 0 Å². The number of rotatable bonds is 9. The maximum absolute atomic E-state index is 13.1. The van der Waals surface area contributed by atoms with E-state index in [1.165, 1.54) is 14.2 Å². The van der Waals surface area contributed by atoms with Crippen LogP contribution in [0.1, 0.15) is 40.3 Å². The van der Waals surface area contributed by atoms with Gasteiger partial charge in [-0.1, -0.05) is 35.5 Å². The Bertz CT molecular complexity index is 1020. The lowest BCUT2D eigenvalue weighted by Crippen LogP contribution is -2.30. The fourth-order valence-corrected chi connectivity index (χ4v) is 3.09. The number of carbonyl (C=O) groups is 1. The fourth-order valence-electron chi connectivity index (χ4n) is 3.09. The zero-order valence-corrected chi connectivity index (χ0v) is 18.4. The monoisotopic (exact) mass is 492 g/mol. The summed E-state index contributed by atoms with van der Waals surface area (Å²) in [7, 11) is 2.45. The van der Waals surface area contributed by atoms with Gasteiger partial charge in [0.15, 0.2) is 6.04 Å². The molecule has 0 heterocycles. The molecular formula is C22H22F6N2O4. The summed E-state index contributed by atoms with van der Waals surface area (Å²) in [6.45, 7) is 1.30.